The molecule has 1 amide bonds. The molecule has 0 atom stereocenters. The van der Waals surface area contributed by atoms with Gasteiger partial charge in [-0.05, 0) is 42.5 Å². The van der Waals surface area contributed by atoms with Crippen LogP contribution in [0.1, 0.15) is 5.56 Å². The summed E-state index contributed by atoms with van der Waals surface area (Å²) < 4.78 is 37.8. The van der Waals surface area contributed by atoms with Crippen molar-refractivity contribution in [2.45, 2.75) is 4.90 Å². The first-order valence-electron chi connectivity index (χ1n) is 10.1. The summed E-state index contributed by atoms with van der Waals surface area (Å²) in [5.41, 5.74) is 2.57. The summed E-state index contributed by atoms with van der Waals surface area (Å²) in [7, 11) is -1.22. The predicted octanol–water partition coefficient (Wildman–Crippen LogP) is 2.96. The van der Waals surface area contributed by atoms with E-state index in [9.17, 15) is 23.3 Å². The Morgan fingerprint density at radius 3 is 2.34 bits per heavy atom. The number of nitrogens with zero attached hydrogens (tertiary/aromatic N) is 3. The lowest BCUT2D eigenvalue weighted by molar-refractivity contribution is -0.384. The molecule has 0 aliphatic rings. The first kappa shape index (κ1) is 25.2. The second kappa shape index (κ2) is 11.1. The van der Waals surface area contributed by atoms with Crippen LogP contribution >= 0.6 is 0 Å². The van der Waals surface area contributed by atoms with Crippen LogP contribution in [-0.2, 0) is 14.8 Å². The Hall–Kier alpha value is -4.45. The monoisotopic (exact) mass is 498 g/mol. The number of ether oxygens (including phenoxy) is 2. The lowest BCUT2D eigenvalue weighted by Gasteiger charge is -2.23. The number of hydrogen-bond donors (Lipinski definition) is 1. The van der Waals surface area contributed by atoms with E-state index in [1.54, 1.807) is 30.3 Å². The van der Waals surface area contributed by atoms with E-state index in [4.69, 9.17) is 9.47 Å². The normalized spacial score (nSPS) is 11.1. The number of anilines is 1. The number of nitro groups is 1. The molecule has 182 valence electrons. The minimum atomic E-state index is -4.09. The minimum absolute atomic E-state index is 0.00782. The highest BCUT2D eigenvalue weighted by Gasteiger charge is 2.27. The van der Waals surface area contributed by atoms with Crippen LogP contribution in [0, 0.1) is 10.1 Å². The van der Waals surface area contributed by atoms with Crippen LogP contribution in [0.2, 0.25) is 0 Å². The summed E-state index contributed by atoms with van der Waals surface area (Å²) in [6.45, 7) is -0.576. The van der Waals surface area contributed by atoms with Gasteiger partial charge in [0.2, 0.25) is 0 Å². The smallest absolute Gasteiger partial charge is 0.270 e. The number of non-ortho nitro benzene ring substituents is 1. The first-order chi connectivity index (χ1) is 16.8. The van der Waals surface area contributed by atoms with Crippen molar-refractivity contribution in [3.63, 3.8) is 0 Å². The first-order valence-corrected chi connectivity index (χ1v) is 11.6. The molecule has 0 bridgehead atoms. The SMILES string of the molecule is COc1ccc(N(CC(=O)N/N=C/c2cc([N+](=O)[O-])ccc2OC)S(=O)(=O)c2ccccc2)cc1. The average molecular weight is 499 g/mol. The summed E-state index contributed by atoms with van der Waals surface area (Å²) in [6, 6.07) is 17.8. The van der Waals surface area contributed by atoms with Crippen molar-refractivity contribution in [3.8, 4) is 11.5 Å². The summed E-state index contributed by atoms with van der Waals surface area (Å²) in [5.74, 6) is 0.0897. The van der Waals surface area contributed by atoms with Crippen molar-refractivity contribution in [1.82, 2.24) is 5.43 Å². The Kier molecular flexibility index (Phi) is 8.00. The van der Waals surface area contributed by atoms with E-state index in [1.807, 2.05) is 0 Å². The van der Waals surface area contributed by atoms with Gasteiger partial charge in [-0.25, -0.2) is 13.8 Å². The lowest BCUT2D eigenvalue weighted by atomic mass is 10.2. The van der Waals surface area contributed by atoms with E-state index in [0.717, 1.165) is 4.31 Å². The third-order valence-corrected chi connectivity index (χ3v) is 6.58. The largest absolute Gasteiger partial charge is 0.497 e. The number of rotatable bonds is 10. The van der Waals surface area contributed by atoms with Crippen molar-refractivity contribution in [1.29, 1.82) is 0 Å². The number of nitrogens with one attached hydrogen (secondary N) is 1. The van der Waals surface area contributed by atoms with E-state index in [2.05, 4.69) is 10.5 Å². The highest BCUT2D eigenvalue weighted by atomic mass is 32.2. The van der Waals surface area contributed by atoms with Gasteiger partial charge in [0.1, 0.15) is 18.0 Å². The number of benzene rings is 3. The summed E-state index contributed by atoms with van der Waals surface area (Å²) in [6.07, 6.45) is 1.17. The van der Waals surface area contributed by atoms with Crippen molar-refractivity contribution >= 4 is 33.5 Å². The summed E-state index contributed by atoms with van der Waals surface area (Å²) in [5, 5.41) is 14.8. The van der Waals surface area contributed by atoms with Crippen LogP contribution in [0.3, 0.4) is 0 Å². The Morgan fingerprint density at radius 2 is 1.74 bits per heavy atom. The van der Waals surface area contributed by atoms with Gasteiger partial charge in [-0.2, -0.15) is 5.10 Å². The molecule has 0 aliphatic carbocycles. The Balaban J connectivity index is 1.84. The van der Waals surface area contributed by atoms with Crippen molar-refractivity contribution in [2.24, 2.45) is 5.10 Å². The van der Waals surface area contributed by atoms with Crippen LogP contribution in [-0.4, -0.2) is 46.2 Å². The highest BCUT2D eigenvalue weighted by Crippen LogP contribution is 2.26. The van der Waals surface area contributed by atoms with Gasteiger partial charge in [-0.15, -0.1) is 0 Å². The van der Waals surface area contributed by atoms with E-state index in [1.165, 1.54) is 62.9 Å². The molecule has 12 heteroatoms. The molecule has 0 unspecified atom stereocenters. The van der Waals surface area contributed by atoms with E-state index >= 15 is 0 Å². The number of hydrazone groups is 1. The van der Waals surface area contributed by atoms with E-state index < -0.39 is 27.4 Å². The third-order valence-electron chi connectivity index (χ3n) is 4.80. The molecule has 35 heavy (non-hydrogen) atoms. The van der Waals surface area contributed by atoms with Crippen LogP contribution in [0.15, 0.2) is 82.8 Å². The molecule has 3 aromatic rings. The quantitative estimate of drug-likeness (QED) is 0.257. The Bertz CT molecular complexity index is 1330. The van der Waals surface area contributed by atoms with Crippen molar-refractivity contribution < 1.29 is 27.6 Å². The molecule has 11 nitrogen and oxygen atoms in total. The Morgan fingerprint density at radius 1 is 1.06 bits per heavy atom. The van der Waals surface area contributed by atoms with Gasteiger partial charge in [0.05, 0.1) is 35.9 Å². The molecule has 0 heterocycles. The minimum Gasteiger partial charge on any atom is -0.497 e. The molecule has 0 saturated carbocycles. The third kappa shape index (κ3) is 6.12. The van der Waals surface area contributed by atoms with Crippen LogP contribution < -0.4 is 19.2 Å². The topological polar surface area (TPSA) is 140 Å². The maximum absolute atomic E-state index is 13.3. The molecule has 3 aromatic carbocycles. The molecule has 0 fully saturated rings. The van der Waals surface area contributed by atoms with Gasteiger partial charge in [-0.1, -0.05) is 18.2 Å². The van der Waals surface area contributed by atoms with Crippen LogP contribution in [0.25, 0.3) is 0 Å². The van der Waals surface area contributed by atoms with E-state index in [0.29, 0.717) is 11.5 Å². The van der Waals surface area contributed by atoms with Crippen molar-refractivity contribution in [3.05, 3.63) is 88.5 Å². The molecule has 0 spiro atoms. The maximum Gasteiger partial charge on any atom is 0.270 e. The molecular weight excluding hydrogens is 476 g/mol. The number of nitro benzene ring substituents is 1. The van der Waals surface area contributed by atoms with Crippen molar-refractivity contribution in [2.75, 3.05) is 25.1 Å². The summed E-state index contributed by atoms with van der Waals surface area (Å²) >= 11 is 0. The molecular formula is C23H22N4O7S. The average Bonchev–Trinajstić information content (AvgIpc) is 2.87. The number of methoxy groups -OCH3 is 2. The van der Waals surface area contributed by atoms with Crippen LogP contribution in [0.4, 0.5) is 11.4 Å². The highest BCUT2D eigenvalue weighted by molar-refractivity contribution is 7.92. The molecule has 3 rings (SSSR count). The number of sulfonamides is 1. The fraction of sp³-hybridized carbons (Fsp3) is 0.130. The second-order valence-corrected chi connectivity index (χ2v) is 8.86. The van der Waals surface area contributed by atoms with Gasteiger partial charge in [0, 0.05) is 17.7 Å². The zero-order valence-electron chi connectivity index (χ0n) is 18.8. The van der Waals surface area contributed by atoms with Gasteiger partial charge in [0.25, 0.3) is 21.6 Å². The molecule has 0 radical (unpaired) electrons. The van der Waals surface area contributed by atoms with Gasteiger partial charge in [0.15, 0.2) is 0 Å². The van der Waals surface area contributed by atoms with Gasteiger partial charge >= 0.3 is 0 Å². The van der Waals surface area contributed by atoms with Crippen LogP contribution in [0.5, 0.6) is 11.5 Å². The molecule has 0 aliphatic heterocycles. The molecule has 1 N–H and O–H groups in total. The Labute approximate surface area is 201 Å². The summed E-state index contributed by atoms with van der Waals surface area (Å²) in [4.78, 5) is 23.1. The number of amides is 1. The molecule has 0 saturated heterocycles. The number of carbonyl (C=O) groups is 1. The maximum atomic E-state index is 13.3. The zero-order chi connectivity index (χ0) is 25.4. The fourth-order valence-electron chi connectivity index (χ4n) is 3.06. The standard InChI is InChI=1S/C23H22N4O7S/c1-33-20-11-8-18(9-12-20)26(35(31,32)21-6-4-3-5-7-21)16-23(28)25-24-15-17-14-19(27(29)30)10-13-22(17)34-2/h3-15H,16H2,1-2H3,(H,25,28)/b24-15+. The lowest BCUT2D eigenvalue weighted by Crippen LogP contribution is -2.39. The van der Waals surface area contributed by atoms with Gasteiger partial charge < -0.3 is 9.47 Å². The predicted molar refractivity (Wildman–Crippen MR) is 129 cm³/mol. The number of hydrogen-bond acceptors (Lipinski definition) is 8. The van der Waals surface area contributed by atoms with Gasteiger partial charge in [-0.3, -0.25) is 19.2 Å². The molecule has 0 aromatic heterocycles. The van der Waals surface area contributed by atoms with E-state index in [-0.39, 0.29) is 21.8 Å². The number of carbonyl (C=O) groups excluding carboxylic acids is 1. The zero-order valence-corrected chi connectivity index (χ0v) is 19.6. The second-order valence-electron chi connectivity index (χ2n) is 7.00. The fourth-order valence-corrected chi connectivity index (χ4v) is 4.50.